The third kappa shape index (κ3) is 5.68. The summed E-state index contributed by atoms with van der Waals surface area (Å²) in [6.07, 6.45) is 0. The third-order valence-corrected chi connectivity index (χ3v) is 13.5. The van der Waals surface area contributed by atoms with E-state index in [9.17, 15) is 0 Å². The summed E-state index contributed by atoms with van der Waals surface area (Å²) in [5.41, 5.74) is 10.4. The highest BCUT2D eigenvalue weighted by Crippen LogP contribution is 2.45. The molecule has 64 heavy (non-hydrogen) atoms. The molecule has 0 radical (unpaired) electrons. The van der Waals surface area contributed by atoms with Crippen molar-refractivity contribution in [2.45, 2.75) is 0 Å². The summed E-state index contributed by atoms with van der Waals surface area (Å²) in [5.74, 6) is 1.70. The molecule has 0 unspecified atom stereocenters. The van der Waals surface area contributed by atoms with Crippen molar-refractivity contribution in [2.24, 2.45) is 0 Å². The lowest BCUT2D eigenvalue weighted by Crippen LogP contribution is -2.15. The van der Waals surface area contributed by atoms with Crippen molar-refractivity contribution in [3.05, 3.63) is 218 Å². The number of rotatable bonds is 7. The first-order valence-electron chi connectivity index (χ1n) is 21.5. The van der Waals surface area contributed by atoms with Crippen LogP contribution in [0, 0.1) is 0 Å². The quantitative estimate of drug-likeness (QED) is 0.160. The van der Waals surface area contributed by atoms with E-state index < -0.39 is 0 Å². The first-order valence-corrected chi connectivity index (χ1v) is 22.3. The highest BCUT2D eigenvalue weighted by Gasteiger charge is 2.25. The fourth-order valence-electron chi connectivity index (χ4n) is 9.61. The summed E-state index contributed by atoms with van der Waals surface area (Å²) in [6, 6.07) is 77.1. The van der Waals surface area contributed by atoms with Crippen LogP contribution in [0.4, 0.5) is 17.3 Å². The van der Waals surface area contributed by atoms with Crippen LogP contribution in [0.3, 0.4) is 0 Å². The van der Waals surface area contributed by atoms with Crippen LogP contribution in [0.2, 0.25) is 0 Å². The lowest BCUT2D eigenvalue weighted by Gasteiger charge is -2.25. The van der Waals surface area contributed by atoms with Gasteiger partial charge in [0.1, 0.15) is 0 Å². The van der Waals surface area contributed by atoms with Crippen LogP contribution in [-0.4, -0.2) is 24.1 Å². The van der Waals surface area contributed by atoms with Crippen molar-refractivity contribution in [1.82, 2.24) is 24.1 Å². The highest BCUT2D eigenvalue weighted by molar-refractivity contribution is 7.26. The minimum atomic E-state index is 0.528. The summed E-state index contributed by atoms with van der Waals surface area (Å²) in [6.45, 7) is 0. The average molecular weight is 837 g/mol. The Kier molecular flexibility index (Phi) is 8.29. The normalized spacial score (nSPS) is 11.8. The van der Waals surface area contributed by atoms with E-state index in [1.54, 1.807) is 11.3 Å². The molecule has 0 aliphatic rings. The maximum absolute atomic E-state index is 5.55. The number of aromatic nitrogens is 5. The Morgan fingerprint density at radius 3 is 1.72 bits per heavy atom. The van der Waals surface area contributed by atoms with Gasteiger partial charge in [0.05, 0.1) is 27.8 Å². The number of hydrogen-bond acceptors (Lipinski definition) is 5. The van der Waals surface area contributed by atoms with E-state index in [-0.39, 0.29) is 0 Å². The summed E-state index contributed by atoms with van der Waals surface area (Å²) in [5, 5.41) is 6.95. The number of benzene rings is 9. The minimum Gasteiger partial charge on any atom is -0.309 e. The van der Waals surface area contributed by atoms with Gasteiger partial charge in [-0.2, -0.15) is 9.97 Å². The van der Waals surface area contributed by atoms with Crippen LogP contribution in [0.5, 0.6) is 0 Å². The number of anilines is 3. The molecular formula is C57H36N6S. The predicted molar refractivity (Wildman–Crippen MR) is 267 cm³/mol. The molecule has 13 aromatic rings. The van der Waals surface area contributed by atoms with Crippen molar-refractivity contribution in [1.29, 1.82) is 0 Å². The molecule has 13 rings (SSSR count). The average Bonchev–Trinajstić information content (AvgIpc) is 4.03. The van der Waals surface area contributed by atoms with Crippen molar-refractivity contribution in [2.75, 3.05) is 4.90 Å². The molecule has 0 aliphatic heterocycles. The molecule has 0 N–H and O–H groups in total. The van der Waals surface area contributed by atoms with Gasteiger partial charge >= 0.3 is 0 Å². The molecule has 0 saturated heterocycles. The molecular weight excluding hydrogens is 801 g/mol. The van der Waals surface area contributed by atoms with Crippen molar-refractivity contribution >= 4 is 92.4 Å². The second kappa shape index (κ2) is 14.6. The zero-order valence-electron chi connectivity index (χ0n) is 34.4. The number of fused-ring (bicyclic) bond motifs is 9. The zero-order valence-corrected chi connectivity index (χ0v) is 35.2. The summed E-state index contributed by atoms with van der Waals surface area (Å²) < 4.78 is 7.12. The first-order chi connectivity index (χ1) is 31.8. The largest absolute Gasteiger partial charge is 0.309 e. The molecule has 0 aliphatic carbocycles. The molecule has 6 nitrogen and oxygen atoms in total. The lowest BCUT2D eigenvalue weighted by atomic mass is 10.1. The summed E-state index contributed by atoms with van der Waals surface area (Å²) in [7, 11) is 0. The van der Waals surface area contributed by atoms with Crippen LogP contribution in [0.25, 0.3) is 97.9 Å². The molecule has 0 amide bonds. The van der Waals surface area contributed by atoms with E-state index in [0.29, 0.717) is 17.6 Å². The molecule has 300 valence electrons. The van der Waals surface area contributed by atoms with Gasteiger partial charge in [-0.15, -0.1) is 11.3 Å². The maximum atomic E-state index is 5.55. The van der Waals surface area contributed by atoms with Gasteiger partial charge in [-0.25, -0.2) is 4.98 Å². The SMILES string of the molecule is c1ccc(N(c2nc(-c3ccc4c(c3)c3ccccc3n4-c3ccccc3)nc(-c3cccc4c5ccccc5n(-c5ccccc5)c34)n2)c2cccc3sc4ccccc4c23)cc1. The van der Waals surface area contributed by atoms with E-state index in [4.69, 9.17) is 15.0 Å². The molecule has 0 atom stereocenters. The Hall–Kier alpha value is -8.39. The summed E-state index contributed by atoms with van der Waals surface area (Å²) in [4.78, 5) is 18.8. The lowest BCUT2D eigenvalue weighted by molar-refractivity contribution is 1.02. The topological polar surface area (TPSA) is 51.8 Å². The Balaban J connectivity index is 1.12. The molecule has 0 saturated carbocycles. The van der Waals surface area contributed by atoms with Gasteiger partial charge in [0.25, 0.3) is 0 Å². The van der Waals surface area contributed by atoms with E-state index >= 15 is 0 Å². The van der Waals surface area contributed by atoms with E-state index in [2.05, 4.69) is 232 Å². The summed E-state index contributed by atoms with van der Waals surface area (Å²) >= 11 is 1.80. The molecule has 4 heterocycles. The molecule has 0 spiro atoms. The Bertz CT molecular complexity index is 3910. The third-order valence-electron chi connectivity index (χ3n) is 12.4. The first kappa shape index (κ1) is 36.3. The second-order valence-corrected chi connectivity index (χ2v) is 17.1. The maximum Gasteiger partial charge on any atom is 0.238 e. The van der Waals surface area contributed by atoms with Crippen LogP contribution >= 0.6 is 11.3 Å². The second-order valence-electron chi connectivity index (χ2n) is 16.0. The number of thiophene rings is 1. The number of para-hydroxylation sites is 6. The standard InChI is InChI=1S/C57H36N6S/c1-4-18-38(19-5-1)61-47-29-13-11-25-42(47)46-36-37(34-35-49(46)61)55-58-56(45-28-16-27-43-41-24-10-14-30-48(41)62(54(43)45)39-20-6-2-7-21-39)60-57(59-55)63(40-22-8-3-9-23-40)50-31-17-33-52-53(50)44-26-12-15-32-51(44)64-52/h1-36H. The fourth-order valence-corrected chi connectivity index (χ4v) is 10.7. The van der Waals surface area contributed by atoms with Crippen LogP contribution in [0.1, 0.15) is 0 Å². The van der Waals surface area contributed by atoms with Crippen molar-refractivity contribution < 1.29 is 0 Å². The molecule has 0 fully saturated rings. The van der Waals surface area contributed by atoms with Gasteiger partial charge in [-0.1, -0.05) is 127 Å². The van der Waals surface area contributed by atoms with Gasteiger partial charge in [0, 0.05) is 69.9 Å². The minimum absolute atomic E-state index is 0.528. The molecule has 9 aromatic carbocycles. The number of nitrogens with zero attached hydrogens (tertiary/aromatic N) is 6. The van der Waals surface area contributed by atoms with Gasteiger partial charge < -0.3 is 9.13 Å². The fraction of sp³-hybridized carbons (Fsp3) is 0. The Labute approximate surface area is 372 Å². The number of hydrogen-bond donors (Lipinski definition) is 0. The van der Waals surface area contributed by atoms with Gasteiger partial charge in [0.2, 0.25) is 5.95 Å². The van der Waals surface area contributed by atoms with Crippen LogP contribution in [-0.2, 0) is 0 Å². The van der Waals surface area contributed by atoms with Crippen molar-refractivity contribution in [3.63, 3.8) is 0 Å². The zero-order chi connectivity index (χ0) is 42.1. The van der Waals surface area contributed by atoms with Gasteiger partial charge in [-0.3, -0.25) is 4.90 Å². The Morgan fingerprint density at radius 2 is 0.953 bits per heavy atom. The predicted octanol–water partition coefficient (Wildman–Crippen LogP) is 15.2. The van der Waals surface area contributed by atoms with E-state index in [0.717, 1.165) is 77.5 Å². The highest BCUT2D eigenvalue weighted by atomic mass is 32.1. The van der Waals surface area contributed by atoms with Gasteiger partial charge in [-0.05, 0) is 91.0 Å². The van der Waals surface area contributed by atoms with Gasteiger partial charge in [0.15, 0.2) is 11.6 Å². The molecule has 7 heteroatoms. The smallest absolute Gasteiger partial charge is 0.238 e. The van der Waals surface area contributed by atoms with Crippen LogP contribution < -0.4 is 4.90 Å². The van der Waals surface area contributed by atoms with E-state index in [1.807, 2.05) is 0 Å². The van der Waals surface area contributed by atoms with Crippen molar-refractivity contribution in [3.8, 4) is 34.2 Å². The monoisotopic (exact) mass is 836 g/mol. The molecule has 4 aromatic heterocycles. The molecule has 0 bridgehead atoms. The Morgan fingerprint density at radius 1 is 0.391 bits per heavy atom. The van der Waals surface area contributed by atoms with Crippen LogP contribution in [0.15, 0.2) is 218 Å². The van der Waals surface area contributed by atoms with E-state index in [1.165, 1.54) is 20.2 Å².